The third kappa shape index (κ3) is 2.47. The molecule has 1 aromatic rings. The van der Waals surface area contributed by atoms with Crippen LogP contribution >= 0.6 is 0 Å². The van der Waals surface area contributed by atoms with E-state index in [-0.39, 0.29) is 38.5 Å². The van der Waals surface area contributed by atoms with Crippen molar-refractivity contribution in [3.05, 3.63) is 35.1 Å². The second kappa shape index (κ2) is 4.20. The molecule has 0 aliphatic rings. The van der Waals surface area contributed by atoms with E-state index in [4.69, 9.17) is 0 Å². The molecule has 0 saturated heterocycles. The van der Waals surface area contributed by atoms with E-state index in [1.54, 1.807) is 13.0 Å². The molecule has 0 amide bonds. The van der Waals surface area contributed by atoms with Gasteiger partial charge < -0.3 is 0 Å². The molecule has 0 fully saturated rings. The van der Waals surface area contributed by atoms with Crippen molar-refractivity contribution in [1.29, 1.82) is 0 Å². The van der Waals surface area contributed by atoms with Gasteiger partial charge in [-0.25, -0.2) is 0 Å². The average Bonchev–Trinajstić information content (AvgIpc) is 1.80. The molecule has 0 atom stereocenters. The molecular formula is C8H8FY-. The quantitative estimate of drug-likeness (QED) is 0.578. The largest absolute Gasteiger partial charge is 0.284 e. The maximum absolute atomic E-state index is 12.5. The molecule has 0 bridgehead atoms. The van der Waals surface area contributed by atoms with Crippen LogP contribution in [-0.2, 0) is 32.7 Å². The van der Waals surface area contributed by atoms with Crippen LogP contribution in [0.3, 0.4) is 0 Å². The molecule has 10 heavy (non-hydrogen) atoms. The summed E-state index contributed by atoms with van der Waals surface area (Å²) in [5, 5.41) is 0. The van der Waals surface area contributed by atoms with E-state index >= 15 is 0 Å². The van der Waals surface area contributed by atoms with Crippen LogP contribution < -0.4 is 0 Å². The fourth-order valence-electron chi connectivity index (χ4n) is 0.720. The van der Waals surface area contributed by atoms with E-state index < -0.39 is 0 Å². The zero-order chi connectivity index (χ0) is 6.85. The standard InChI is InChI=1S/C8H8F.Y/c1-6-3-4-8(9)7(2)5-6;/h3-4H,1-2H3;/q-1;. The van der Waals surface area contributed by atoms with Crippen LogP contribution in [0.1, 0.15) is 11.1 Å². The monoisotopic (exact) mass is 212 g/mol. The molecule has 2 heteroatoms. The van der Waals surface area contributed by atoms with Gasteiger partial charge in [0.2, 0.25) is 0 Å². The maximum atomic E-state index is 12.5. The Morgan fingerprint density at radius 2 is 1.90 bits per heavy atom. The summed E-state index contributed by atoms with van der Waals surface area (Å²) in [6, 6.07) is 6.03. The second-order valence-electron chi connectivity index (χ2n) is 2.11. The van der Waals surface area contributed by atoms with Gasteiger partial charge in [0, 0.05) is 38.5 Å². The first-order valence-corrected chi connectivity index (χ1v) is 2.85. The van der Waals surface area contributed by atoms with Crippen LogP contribution in [0.5, 0.6) is 0 Å². The average molecular weight is 212 g/mol. The van der Waals surface area contributed by atoms with E-state index in [1.807, 2.05) is 6.92 Å². The molecule has 0 nitrogen and oxygen atoms in total. The van der Waals surface area contributed by atoms with Crippen LogP contribution in [0.15, 0.2) is 12.1 Å². The molecule has 0 heterocycles. The molecule has 0 aromatic heterocycles. The first-order chi connectivity index (χ1) is 4.20. The first-order valence-electron chi connectivity index (χ1n) is 2.85. The van der Waals surface area contributed by atoms with Crippen molar-refractivity contribution in [2.24, 2.45) is 0 Å². The summed E-state index contributed by atoms with van der Waals surface area (Å²) in [7, 11) is 0. The molecule has 0 saturated carbocycles. The molecule has 0 spiro atoms. The van der Waals surface area contributed by atoms with Gasteiger partial charge in [-0.15, -0.1) is 11.6 Å². The molecule has 1 rings (SSSR count). The smallest absolute Gasteiger partial charge is 0.0116 e. The van der Waals surface area contributed by atoms with E-state index in [9.17, 15) is 4.39 Å². The summed E-state index contributed by atoms with van der Waals surface area (Å²) in [6.45, 7) is 3.61. The van der Waals surface area contributed by atoms with E-state index in [0.29, 0.717) is 5.56 Å². The molecule has 1 radical (unpaired) electrons. The molecule has 0 N–H and O–H groups in total. The van der Waals surface area contributed by atoms with Crippen LogP contribution in [0.4, 0.5) is 4.39 Å². The first kappa shape index (κ1) is 10.3. The van der Waals surface area contributed by atoms with Crippen molar-refractivity contribution in [3.8, 4) is 0 Å². The van der Waals surface area contributed by atoms with Crippen molar-refractivity contribution < 1.29 is 37.1 Å². The number of rotatable bonds is 0. The van der Waals surface area contributed by atoms with E-state index in [0.717, 1.165) is 5.56 Å². The van der Waals surface area contributed by atoms with Gasteiger partial charge in [0.05, 0.1) is 0 Å². The zero-order valence-electron chi connectivity index (χ0n) is 6.11. The third-order valence-electron chi connectivity index (χ3n) is 1.22. The van der Waals surface area contributed by atoms with Crippen molar-refractivity contribution in [3.63, 3.8) is 0 Å². The Kier molecular flexibility index (Phi) is 4.31. The van der Waals surface area contributed by atoms with Gasteiger partial charge in [-0.05, 0) is 0 Å². The van der Waals surface area contributed by atoms with Crippen molar-refractivity contribution in [1.82, 2.24) is 0 Å². The van der Waals surface area contributed by atoms with Crippen molar-refractivity contribution >= 4 is 0 Å². The summed E-state index contributed by atoms with van der Waals surface area (Å²) in [6.07, 6.45) is 0. The van der Waals surface area contributed by atoms with Gasteiger partial charge in [-0.1, -0.05) is 13.8 Å². The Balaban J connectivity index is 0.000000810. The minimum absolute atomic E-state index is 0. The van der Waals surface area contributed by atoms with Gasteiger partial charge in [0.1, 0.15) is 0 Å². The van der Waals surface area contributed by atoms with Gasteiger partial charge >= 0.3 is 0 Å². The van der Waals surface area contributed by atoms with Crippen LogP contribution in [-0.4, -0.2) is 0 Å². The maximum Gasteiger partial charge on any atom is 0.0116 e. The molecule has 1 aromatic carbocycles. The molecule has 0 aliphatic carbocycles. The summed E-state index contributed by atoms with van der Waals surface area (Å²) in [4.78, 5) is 0. The fraction of sp³-hybridized carbons (Fsp3) is 0.250. The van der Waals surface area contributed by atoms with Gasteiger partial charge in [-0.2, -0.15) is 17.7 Å². The van der Waals surface area contributed by atoms with Crippen LogP contribution in [0.25, 0.3) is 0 Å². The fourth-order valence-corrected chi connectivity index (χ4v) is 0.720. The number of benzene rings is 1. The molecule has 51 valence electrons. The minimum Gasteiger partial charge on any atom is -0.284 e. The normalized spacial score (nSPS) is 8.70. The van der Waals surface area contributed by atoms with E-state index in [2.05, 4.69) is 6.07 Å². The Morgan fingerprint density at radius 1 is 1.30 bits per heavy atom. The summed E-state index contributed by atoms with van der Waals surface area (Å²) in [5.41, 5.74) is 1.57. The predicted octanol–water partition coefficient (Wildman–Crippen LogP) is 2.24. The Hall–Kier alpha value is 0.254. The van der Waals surface area contributed by atoms with Gasteiger partial charge in [0.15, 0.2) is 0 Å². The van der Waals surface area contributed by atoms with Gasteiger partial charge in [-0.3, -0.25) is 4.39 Å². The van der Waals surface area contributed by atoms with Crippen molar-refractivity contribution in [2.75, 3.05) is 0 Å². The minimum atomic E-state index is -0.180. The Bertz CT molecular complexity index is 220. The molecule has 0 aliphatic heterocycles. The van der Waals surface area contributed by atoms with Crippen LogP contribution in [0, 0.1) is 25.7 Å². The Morgan fingerprint density at radius 3 is 2.30 bits per heavy atom. The summed E-state index contributed by atoms with van der Waals surface area (Å²) < 4.78 is 12.5. The topological polar surface area (TPSA) is 0 Å². The zero-order valence-corrected chi connectivity index (χ0v) is 8.95. The number of halogens is 1. The molecule has 0 unspecified atom stereocenters. The Labute approximate surface area is 85.7 Å². The van der Waals surface area contributed by atoms with Crippen molar-refractivity contribution in [2.45, 2.75) is 13.8 Å². The second-order valence-corrected chi connectivity index (χ2v) is 2.11. The predicted molar refractivity (Wildman–Crippen MR) is 34.7 cm³/mol. The number of hydrogen-bond acceptors (Lipinski definition) is 0. The number of aryl methyl sites for hydroxylation is 2. The van der Waals surface area contributed by atoms with E-state index in [1.165, 1.54) is 6.07 Å². The van der Waals surface area contributed by atoms with Crippen LogP contribution in [0.2, 0.25) is 0 Å². The summed E-state index contributed by atoms with van der Waals surface area (Å²) >= 11 is 0. The summed E-state index contributed by atoms with van der Waals surface area (Å²) in [5.74, 6) is -0.180. The van der Waals surface area contributed by atoms with Gasteiger partial charge in [0.25, 0.3) is 0 Å². The number of hydrogen-bond donors (Lipinski definition) is 0. The third-order valence-corrected chi connectivity index (χ3v) is 1.22. The SMILES string of the molecule is Cc1[c-]c(C)c(F)cc1.[Y]. The molecular weight excluding hydrogens is 204 g/mol.